The lowest BCUT2D eigenvalue weighted by Crippen LogP contribution is -2.24. The Morgan fingerprint density at radius 3 is 2.74 bits per heavy atom. The predicted octanol–water partition coefficient (Wildman–Crippen LogP) is 3.04. The van der Waals surface area contributed by atoms with Crippen molar-refractivity contribution in [2.24, 2.45) is 0 Å². The Balaban J connectivity index is 1.98. The van der Waals surface area contributed by atoms with Gasteiger partial charge in [-0.25, -0.2) is 4.98 Å². The summed E-state index contributed by atoms with van der Waals surface area (Å²) in [5.74, 6) is -0.0334. The molecule has 2 heterocycles. The lowest BCUT2D eigenvalue weighted by molar-refractivity contribution is 0.0951. The number of pyridine rings is 1. The van der Waals surface area contributed by atoms with E-state index in [0.29, 0.717) is 23.5 Å². The third-order valence-corrected chi connectivity index (χ3v) is 4.11. The van der Waals surface area contributed by atoms with Crippen LogP contribution in [0.5, 0.6) is 5.75 Å². The van der Waals surface area contributed by atoms with Crippen molar-refractivity contribution in [3.05, 3.63) is 59.7 Å². The monoisotopic (exact) mass is 366 g/mol. The standard InChI is InChI=1S/C20H22N4O3/c1-4-10-21-19(25)17-15-7-5-6-11-24(15)18(23-17)20(26)22-14-12-13(2)8-9-16(14)27-3/h5-9,11-12H,4,10H2,1-3H3,(H,21,25)(H,22,26). The summed E-state index contributed by atoms with van der Waals surface area (Å²) in [4.78, 5) is 29.6. The average molecular weight is 366 g/mol. The van der Waals surface area contributed by atoms with Crippen LogP contribution in [-0.4, -0.2) is 34.9 Å². The molecule has 0 saturated heterocycles. The van der Waals surface area contributed by atoms with Gasteiger partial charge in [-0.2, -0.15) is 0 Å². The molecular formula is C20H22N4O3. The summed E-state index contributed by atoms with van der Waals surface area (Å²) in [6.45, 7) is 4.45. The first-order valence-electron chi connectivity index (χ1n) is 8.76. The molecule has 0 atom stereocenters. The summed E-state index contributed by atoms with van der Waals surface area (Å²) < 4.78 is 6.92. The van der Waals surface area contributed by atoms with E-state index in [1.807, 2.05) is 26.0 Å². The number of rotatable bonds is 6. The van der Waals surface area contributed by atoms with Crippen LogP contribution < -0.4 is 15.4 Å². The highest BCUT2D eigenvalue weighted by atomic mass is 16.5. The summed E-state index contributed by atoms with van der Waals surface area (Å²) in [5.41, 5.74) is 2.34. The number of amides is 2. The maximum atomic E-state index is 12.9. The number of nitrogens with zero attached hydrogens (tertiary/aromatic N) is 2. The van der Waals surface area contributed by atoms with Crippen molar-refractivity contribution in [3.8, 4) is 5.75 Å². The number of fused-ring (bicyclic) bond motifs is 1. The number of anilines is 1. The van der Waals surface area contributed by atoms with E-state index in [2.05, 4.69) is 15.6 Å². The minimum absolute atomic E-state index is 0.135. The third-order valence-electron chi connectivity index (χ3n) is 4.11. The molecular weight excluding hydrogens is 344 g/mol. The highest BCUT2D eigenvalue weighted by molar-refractivity contribution is 6.06. The molecule has 0 radical (unpaired) electrons. The van der Waals surface area contributed by atoms with E-state index in [9.17, 15) is 9.59 Å². The van der Waals surface area contributed by atoms with Gasteiger partial charge in [-0.15, -0.1) is 0 Å². The van der Waals surface area contributed by atoms with E-state index < -0.39 is 5.91 Å². The van der Waals surface area contributed by atoms with Crippen molar-refractivity contribution in [1.82, 2.24) is 14.7 Å². The Morgan fingerprint density at radius 1 is 1.19 bits per heavy atom. The summed E-state index contributed by atoms with van der Waals surface area (Å²) in [6, 6.07) is 10.9. The molecule has 3 rings (SSSR count). The van der Waals surface area contributed by atoms with Gasteiger partial charge in [0.25, 0.3) is 11.8 Å². The summed E-state index contributed by atoms with van der Waals surface area (Å²) in [7, 11) is 1.54. The highest BCUT2D eigenvalue weighted by Gasteiger charge is 2.22. The van der Waals surface area contributed by atoms with Gasteiger partial charge in [0.2, 0.25) is 5.82 Å². The van der Waals surface area contributed by atoms with Gasteiger partial charge in [0.1, 0.15) is 5.75 Å². The highest BCUT2D eigenvalue weighted by Crippen LogP contribution is 2.26. The number of hydrogen-bond acceptors (Lipinski definition) is 4. The maximum Gasteiger partial charge on any atom is 0.292 e. The Hall–Kier alpha value is -3.35. The van der Waals surface area contributed by atoms with Crippen LogP contribution in [0.4, 0.5) is 5.69 Å². The molecule has 0 bridgehead atoms. The fraction of sp³-hybridized carbons (Fsp3) is 0.250. The zero-order valence-corrected chi connectivity index (χ0v) is 15.6. The van der Waals surface area contributed by atoms with Crippen LogP contribution in [0.2, 0.25) is 0 Å². The number of carbonyl (C=O) groups is 2. The zero-order valence-electron chi connectivity index (χ0n) is 15.6. The molecule has 0 fully saturated rings. The minimum atomic E-state index is -0.422. The van der Waals surface area contributed by atoms with E-state index in [1.165, 1.54) is 0 Å². The van der Waals surface area contributed by atoms with E-state index in [0.717, 1.165) is 12.0 Å². The maximum absolute atomic E-state index is 12.9. The number of ether oxygens (including phenoxy) is 1. The molecule has 1 aromatic carbocycles. The summed E-state index contributed by atoms with van der Waals surface area (Å²) in [5, 5.41) is 5.63. The molecule has 7 nitrogen and oxygen atoms in total. The number of aryl methyl sites for hydroxylation is 1. The molecule has 0 saturated carbocycles. The molecule has 0 aliphatic carbocycles. The molecule has 2 aromatic heterocycles. The van der Waals surface area contributed by atoms with E-state index in [4.69, 9.17) is 4.74 Å². The third kappa shape index (κ3) is 3.76. The summed E-state index contributed by atoms with van der Waals surface area (Å²) in [6.07, 6.45) is 2.53. The van der Waals surface area contributed by atoms with Crippen LogP contribution in [0.15, 0.2) is 42.6 Å². The number of imidazole rings is 1. The fourth-order valence-corrected chi connectivity index (χ4v) is 2.79. The number of hydrogen-bond donors (Lipinski definition) is 2. The van der Waals surface area contributed by atoms with Gasteiger partial charge in [0, 0.05) is 12.7 Å². The Bertz CT molecular complexity index is 994. The van der Waals surface area contributed by atoms with Crippen molar-refractivity contribution in [3.63, 3.8) is 0 Å². The van der Waals surface area contributed by atoms with Gasteiger partial charge in [-0.3, -0.25) is 14.0 Å². The lowest BCUT2D eigenvalue weighted by atomic mass is 10.2. The smallest absolute Gasteiger partial charge is 0.292 e. The number of nitrogens with one attached hydrogen (secondary N) is 2. The Labute approximate surface area is 157 Å². The van der Waals surface area contributed by atoms with Crippen molar-refractivity contribution < 1.29 is 14.3 Å². The van der Waals surface area contributed by atoms with Gasteiger partial charge in [-0.1, -0.05) is 19.1 Å². The molecule has 0 aliphatic heterocycles. The van der Waals surface area contributed by atoms with E-state index in [1.54, 1.807) is 42.0 Å². The van der Waals surface area contributed by atoms with Crippen molar-refractivity contribution in [2.45, 2.75) is 20.3 Å². The molecule has 0 spiro atoms. The van der Waals surface area contributed by atoms with Gasteiger partial charge < -0.3 is 15.4 Å². The SMILES string of the molecule is CCCNC(=O)c1nc(C(=O)Nc2cc(C)ccc2OC)n2ccccc12. The van der Waals surface area contributed by atoms with E-state index in [-0.39, 0.29) is 17.4 Å². The topological polar surface area (TPSA) is 84.7 Å². The lowest BCUT2D eigenvalue weighted by Gasteiger charge is -2.10. The summed E-state index contributed by atoms with van der Waals surface area (Å²) >= 11 is 0. The quantitative estimate of drug-likeness (QED) is 0.702. The molecule has 0 aliphatic rings. The molecule has 2 N–H and O–H groups in total. The normalized spacial score (nSPS) is 10.6. The average Bonchev–Trinajstić information content (AvgIpc) is 3.06. The Morgan fingerprint density at radius 2 is 2.00 bits per heavy atom. The van der Waals surface area contributed by atoms with Gasteiger partial charge in [0.05, 0.1) is 18.3 Å². The zero-order chi connectivity index (χ0) is 19.4. The van der Waals surface area contributed by atoms with Crippen LogP contribution in [0.1, 0.15) is 40.0 Å². The minimum Gasteiger partial charge on any atom is -0.495 e. The number of carbonyl (C=O) groups excluding carboxylic acids is 2. The first-order chi connectivity index (χ1) is 13.0. The van der Waals surface area contributed by atoms with Crippen LogP contribution in [0, 0.1) is 6.92 Å². The van der Waals surface area contributed by atoms with Gasteiger partial charge in [0.15, 0.2) is 5.69 Å². The van der Waals surface area contributed by atoms with Gasteiger partial charge >= 0.3 is 0 Å². The first-order valence-corrected chi connectivity index (χ1v) is 8.76. The number of aromatic nitrogens is 2. The van der Waals surface area contributed by atoms with E-state index >= 15 is 0 Å². The van der Waals surface area contributed by atoms with Gasteiger partial charge in [-0.05, 0) is 43.2 Å². The molecule has 2 amide bonds. The van der Waals surface area contributed by atoms with Crippen LogP contribution in [-0.2, 0) is 0 Å². The van der Waals surface area contributed by atoms with Crippen LogP contribution in [0.3, 0.4) is 0 Å². The van der Waals surface area contributed by atoms with Crippen molar-refractivity contribution in [1.29, 1.82) is 0 Å². The first kappa shape index (κ1) is 18.4. The molecule has 7 heteroatoms. The number of benzene rings is 1. The second-order valence-electron chi connectivity index (χ2n) is 6.15. The van der Waals surface area contributed by atoms with Crippen LogP contribution >= 0.6 is 0 Å². The predicted molar refractivity (Wildman–Crippen MR) is 104 cm³/mol. The second-order valence-corrected chi connectivity index (χ2v) is 6.15. The number of methoxy groups -OCH3 is 1. The van der Waals surface area contributed by atoms with Crippen molar-refractivity contribution >= 4 is 23.0 Å². The van der Waals surface area contributed by atoms with Crippen molar-refractivity contribution in [2.75, 3.05) is 19.0 Å². The molecule has 140 valence electrons. The largest absolute Gasteiger partial charge is 0.495 e. The second kappa shape index (κ2) is 7.90. The fourth-order valence-electron chi connectivity index (χ4n) is 2.79. The molecule has 27 heavy (non-hydrogen) atoms. The molecule has 3 aromatic rings. The molecule has 0 unspecified atom stereocenters. The van der Waals surface area contributed by atoms with Crippen LogP contribution in [0.25, 0.3) is 5.52 Å². The Kier molecular flexibility index (Phi) is 5.40.